The summed E-state index contributed by atoms with van der Waals surface area (Å²) in [5.74, 6) is 1.34. The highest BCUT2D eigenvalue weighted by Gasteiger charge is 2.26. The molecule has 18 heavy (non-hydrogen) atoms. The third-order valence-corrected chi connectivity index (χ3v) is 3.00. The molecule has 1 aromatic carbocycles. The maximum Gasteiger partial charge on any atom is 0.148 e. The average molecular weight is 248 g/mol. The second-order valence-electron chi connectivity index (χ2n) is 3.95. The maximum absolute atomic E-state index is 11.1. The van der Waals surface area contributed by atoms with Gasteiger partial charge in [0.1, 0.15) is 23.8 Å². The minimum Gasteiger partial charge on any atom is -0.497 e. The van der Waals surface area contributed by atoms with Crippen LogP contribution in [0.3, 0.4) is 0 Å². The van der Waals surface area contributed by atoms with Crippen LogP contribution in [0.2, 0.25) is 0 Å². The Labute approximate surface area is 106 Å². The van der Waals surface area contributed by atoms with Crippen molar-refractivity contribution < 1.29 is 14.3 Å². The SMILES string of the molecule is CCC1=NNC(C=O)c2cc(OC)cc(OC)c21. The van der Waals surface area contributed by atoms with E-state index in [2.05, 4.69) is 10.5 Å². The van der Waals surface area contributed by atoms with Crippen LogP contribution in [0.1, 0.15) is 30.5 Å². The van der Waals surface area contributed by atoms with Crippen molar-refractivity contribution in [1.82, 2.24) is 5.43 Å². The largest absolute Gasteiger partial charge is 0.497 e. The van der Waals surface area contributed by atoms with Gasteiger partial charge in [-0.2, -0.15) is 5.10 Å². The van der Waals surface area contributed by atoms with Crippen LogP contribution in [0.5, 0.6) is 11.5 Å². The summed E-state index contributed by atoms with van der Waals surface area (Å²) in [5.41, 5.74) is 5.44. The van der Waals surface area contributed by atoms with Crippen molar-refractivity contribution in [2.75, 3.05) is 14.2 Å². The number of carbonyl (C=O) groups excluding carboxylic acids is 1. The first-order valence-corrected chi connectivity index (χ1v) is 5.78. The molecule has 0 spiro atoms. The van der Waals surface area contributed by atoms with Gasteiger partial charge in [-0.05, 0) is 18.1 Å². The van der Waals surface area contributed by atoms with Crippen molar-refractivity contribution in [3.8, 4) is 11.5 Å². The molecule has 1 aliphatic rings. The predicted octanol–water partition coefficient (Wildman–Crippen LogP) is 1.66. The van der Waals surface area contributed by atoms with E-state index in [9.17, 15) is 4.79 Å². The van der Waals surface area contributed by atoms with E-state index in [0.29, 0.717) is 11.5 Å². The van der Waals surface area contributed by atoms with E-state index in [-0.39, 0.29) is 0 Å². The number of methoxy groups -OCH3 is 2. The minimum absolute atomic E-state index is 0.459. The van der Waals surface area contributed by atoms with Crippen LogP contribution in [0.25, 0.3) is 0 Å². The van der Waals surface area contributed by atoms with Crippen molar-refractivity contribution >= 4 is 12.0 Å². The highest BCUT2D eigenvalue weighted by atomic mass is 16.5. The second-order valence-corrected chi connectivity index (χ2v) is 3.95. The van der Waals surface area contributed by atoms with Crippen LogP contribution >= 0.6 is 0 Å². The number of nitrogens with one attached hydrogen (secondary N) is 1. The lowest BCUT2D eigenvalue weighted by atomic mass is 9.94. The topological polar surface area (TPSA) is 59.9 Å². The minimum atomic E-state index is -0.459. The van der Waals surface area contributed by atoms with E-state index >= 15 is 0 Å². The highest BCUT2D eigenvalue weighted by Crippen LogP contribution is 2.34. The van der Waals surface area contributed by atoms with Gasteiger partial charge in [0, 0.05) is 11.6 Å². The number of benzene rings is 1. The number of rotatable bonds is 4. The van der Waals surface area contributed by atoms with Gasteiger partial charge in [-0.15, -0.1) is 0 Å². The fraction of sp³-hybridized carbons (Fsp3) is 0.385. The zero-order valence-electron chi connectivity index (χ0n) is 10.7. The molecule has 1 aliphatic heterocycles. The highest BCUT2D eigenvalue weighted by molar-refractivity contribution is 6.05. The van der Waals surface area contributed by atoms with E-state index in [4.69, 9.17) is 9.47 Å². The molecule has 1 atom stereocenters. The smallest absolute Gasteiger partial charge is 0.148 e. The number of aldehydes is 1. The average Bonchev–Trinajstić information content (AvgIpc) is 2.44. The molecule has 5 nitrogen and oxygen atoms in total. The standard InChI is InChI=1S/C13H16N2O3/c1-4-10-13-9(11(7-16)15-14-10)5-8(17-2)6-12(13)18-3/h5-7,11,15H,4H2,1-3H3. The van der Waals surface area contributed by atoms with E-state index in [1.807, 2.05) is 13.0 Å². The molecule has 2 rings (SSSR count). The molecule has 1 heterocycles. The quantitative estimate of drug-likeness (QED) is 0.823. The van der Waals surface area contributed by atoms with Gasteiger partial charge >= 0.3 is 0 Å². The summed E-state index contributed by atoms with van der Waals surface area (Å²) < 4.78 is 10.6. The van der Waals surface area contributed by atoms with Crippen LogP contribution in [0.15, 0.2) is 17.2 Å². The number of hydrazone groups is 1. The van der Waals surface area contributed by atoms with Crippen molar-refractivity contribution in [2.45, 2.75) is 19.4 Å². The fourth-order valence-electron chi connectivity index (χ4n) is 2.08. The lowest BCUT2D eigenvalue weighted by Crippen LogP contribution is -2.27. The molecule has 0 bridgehead atoms. The summed E-state index contributed by atoms with van der Waals surface area (Å²) in [6, 6.07) is 3.19. The van der Waals surface area contributed by atoms with Gasteiger partial charge in [0.05, 0.1) is 19.9 Å². The Morgan fingerprint density at radius 3 is 2.72 bits per heavy atom. The Morgan fingerprint density at radius 1 is 1.39 bits per heavy atom. The molecule has 0 saturated heterocycles. The van der Waals surface area contributed by atoms with Gasteiger partial charge in [-0.1, -0.05) is 6.92 Å². The number of hydrogen-bond donors (Lipinski definition) is 1. The van der Waals surface area contributed by atoms with Crippen molar-refractivity contribution in [2.24, 2.45) is 5.10 Å². The Bertz CT molecular complexity index is 497. The molecule has 5 heteroatoms. The van der Waals surface area contributed by atoms with Crippen LogP contribution in [0, 0.1) is 0 Å². The Hall–Kier alpha value is -2.04. The first kappa shape index (κ1) is 12.4. The summed E-state index contributed by atoms with van der Waals surface area (Å²) in [5, 5.41) is 4.22. The number of nitrogens with zero attached hydrogens (tertiary/aromatic N) is 1. The lowest BCUT2D eigenvalue weighted by Gasteiger charge is -2.24. The first-order valence-electron chi connectivity index (χ1n) is 5.78. The number of carbonyl (C=O) groups is 1. The van der Waals surface area contributed by atoms with Crippen LogP contribution < -0.4 is 14.9 Å². The molecule has 1 aromatic rings. The number of ether oxygens (including phenoxy) is 2. The summed E-state index contributed by atoms with van der Waals surface area (Å²) in [4.78, 5) is 11.1. The van der Waals surface area contributed by atoms with E-state index in [1.54, 1.807) is 20.3 Å². The Kier molecular flexibility index (Phi) is 3.50. The van der Waals surface area contributed by atoms with Crippen LogP contribution in [-0.4, -0.2) is 26.2 Å². The van der Waals surface area contributed by atoms with Crippen molar-refractivity contribution in [3.63, 3.8) is 0 Å². The third kappa shape index (κ3) is 1.92. The van der Waals surface area contributed by atoms with E-state index < -0.39 is 6.04 Å². The van der Waals surface area contributed by atoms with E-state index in [0.717, 1.165) is 29.5 Å². The van der Waals surface area contributed by atoms with Crippen LogP contribution in [0.4, 0.5) is 0 Å². The molecule has 1 N–H and O–H groups in total. The molecular weight excluding hydrogens is 232 g/mol. The van der Waals surface area contributed by atoms with Gasteiger partial charge in [-0.25, -0.2) is 0 Å². The molecule has 0 radical (unpaired) electrons. The van der Waals surface area contributed by atoms with Crippen molar-refractivity contribution in [1.29, 1.82) is 0 Å². The summed E-state index contributed by atoms with van der Waals surface area (Å²) in [6.07, 6.45) is 1.59. The third-order valence-electron chi connectivity index (χ3n) is 3.00. The van der Waals surface area contributed by atoms with Gasteiger partial charge in [0.25, 0.3) is 0 Å². The Balaban J connectivity index is 2.66. The fourth-order valence-corrected chi connectivity index (χ4v) is 2.08. The maximum atomic E-state index is 11.1. The summed E-state index contributed by atoms with van der Waals surface area (Å²) in [6.45, 7) is 2.01. The zero-order chi connectivity index (χ0) is 13.1. The summed E-state index contributed by atoms with van der Waals surface area (Å²) >= 11 is 0. The first-order chi connectivity index (χ1) is 8.74. The normalized spacial score (nSPS) is 17.3. The number of hydrogen-bond acceptors (Lipinski definition) is 5. The van der Waals surface area contributed by atoms with Gasteiger partial charge in [0.2, 0.25) is 0 Å². The lowest BCUT2D eigenvalue weighted by molar-refractivity contribution is -0.109. The van der Waals surface area contributed by atoms with Gasteiger partial charge in [0.15, 0.2) is 0 Å². The zero-order valence-corrected chi connectivity index (χ0v) is 10.7. The molecule has 1 unspecified atom stereocenters. The molecule has 96 valence electrons. The monoisotopic (exact) mass is 248 g/mol. The van der Waals surface area contributed by atoms with Gasteiger partial charge in [-0.3, -0.25) is 5.43 Å². The molecular formula is C13H16N2O3. The van der Waals surface area contributed by atoms with Crippen LogP contribution in [-0.2, 0) is 4.79 Å². The molecule has 0 amide bonds. The van der Waals surface area contributed by atoms with Gasteiger partial charge < -0.3 is 14.3 Å². The molecule has 0 fully saturated rings. The Morgan fingerprint density at radius 2 is 2.17 bits per heavy atom. The molecule has 0 aromatic heterocycles. The molecule has 0 saturated carbocycles. The van der Waals surface area contributed by atoms with E-state index in [1.165, 1.54) is 0 Å². The summed E-state index contributed by atoms with van der Waals surface area (Å²) in [7, 11) is 3.18. The molecule has 0 aliphatic carbocycles. The second kappa shape index (κ2) is 5.08. The number of fused-ring (bicyclic) bond motifs is 1. The van der Waals surface area contributed by atoms with Crippen molar-refractivity contribution in [3.05, 3.63) is 23.3 Å². The predicted molar refractivity (Wildman–Crippen MR) is 68.3 cm³/mol.